The van der Waals surface area contributed by atoms with Gasteiger partial charge in [0.1, 0.15) is 18.0 Å². The molecule has 0 saturated heterocycles. The summed E-state index contributed by atoms with van der Waals surface area (Å²) in [6, 6.07) is 18.4. The highest BCUT2D eigenvalue weighted by atomic mass is 35.5. The average molecular weight is 486 g/mol. The number of halogens is 2. The van der Waals surface area contributed by atoms with Crippen LogP contribution in [0.15, 0.2) is 60.9 Å². The molecular formula is C28H25ClFN5. The summed E-state index contributed by atoms with van der Waals surface area (Å²) >= 11 is 6.14. The van der Waals surface area contributed by atoms with Gasteiger partial charge in [-0.2, -0.15) is 4.98 Å². The Bertz CT molecular complexity index is 1580. The standard InChI is InChI=1S/C28H25ClFN5/c1-28(2,3)20-10-8-17(9-11-20)19-7-6-18-5-4-12-34(24(18)13-19)26-21-14-23(30)22(29)15-25(21)35-16-31-33-27(35)32-26/h6-11,13-16H,4-5,12H2,1-3H3. The Balaban J connectivity index is 1.51. The third kappa shape index (κ3) is 3.73. The van der Waals surface area contributed by atoms with Gasteiger partial charge in [-0.25, -0.2) is 4.39 Å². The summed E-state index contributed by atoms with van der Waals surface area (Å²) in [6.07, 6.45) is 3.54. The predicted molar refractivity (Wildman–Crippen MR) is 139 cm³/mol. The lowest BCUT2D eigenvalue weighted by molar-refractivity contribution is 0.590. The molecule has 6 rings (SSSR count). The van der Waals surface area contributed by atoms with Crippen LogP contribution < -0.4 is 4.90 Å². The molecule has 0 radical (unpaired) electrons. The van der Waals surface area contributed by atoms with Gasteiger partial charge in [-0.3, -0.25) is 4.40 Å². The Kier molecular flexibility index (Phi) is 5.04. The lowest BCUT2D eigenvalue weighted by atomic mass is 9.86. The minimum absolute atomic E-state index is 0.0599. The molecule has 5 aromatic rings. The molecule has 3 heterocycles. The third-order valence-corrected chi connectivity index (χ3v) is 7.11. The van der Waals surface area contributed by atoms with E-state index in [2.05, 4.69) is 78.3 Å². The summed E-state index contributed by atoms with van der Waals surface area (Å²) in [5.41, 5.74) is 6.77. The molecule has 7 heteroatoms. The summed E-state index contributed by atoms with van der Waals surface area (Å²) in [4.78, 5) is 6.98. The molecule has 0 atom stereocenters. The van der Waals surface area contributed by atoms with Gasteiger partial charge < -0.3 is 4.90 Å². The zero-order valence-corrected chi connectivity index (χ0v) is 20.6. The summed E-state index contributed by atoms with van der Waals surface area (Å²) in [5, 5.41) is 8.90. The van der Waals surface area contributed by atoms with Crippen LogP contribution in [-0.4, -0.2) is 26.1 Å². The molecule has 0 fully saturated rings. The number of aromatic nitrogens is 4. The van der Waals surface area contributed by atoms with Crippen molar-refractivity contribution < 1.29 is 4.39 Å². The maximum Gasteiger partial charge on any atom is 0.257 e. The summed E-state index contributed by atoms with van der Waals surface area (Å²) in [7, 11) is 0. The van der Waals surface area contributed by atoms with Crippen molar-refractivity contribution in [2.75, 3.05) is 11.4 Å². The molecule has 0 aliphatic carbocycles. The van der Waals surface area contributed by atoms with E-state index in [0.29, 0.717) is 17.0 Å². The lowest BCUT2D eigenvalue weighted by Crippen LogP contribution is -2.26. The fourth-order valence-electron chi connectivity index (χ4n) is 4.89. The third-order valence-electron chi connectivity index (χ3n) is 6.82. The maximum atomic E-state index is 14.6. The van der Waals surface area contributed by atoms with E-state index in [0.717, 1.165) is 41.7 Å². The van der Waals surface area contributed by atoms with Crippen LogP contribution in [0.3, 0.4) is 0 Å². The quantitative estimate of drug-likeness (QED) is 0.267. The maximum absolute atomic E-state index is 14.6. The zero-order valence-electron chi connectivity index (χ0n) is 19.9. The molecule has 176 valence electrons. The molecule has 3 aromatic carbocycles. The van der Waals surface area contributed by atoms with Gasteiger partial charge in [-0.05, 0) is 58.7 Å². The van der Waals surface area contributed by atoms with Crippen molar-refractivity contribution >= 4 is 39.8 Å². The molecule has 1 aliphatic rings. The van der Waals surface area contributed by atoms with Crippen LogP contribution in [0.2, 0.25) is 5.02 Å². The fraction of sp³-hybridized carbons (Fsp3) is 0.250. The zero-order chi connectivity index (χ0) is 24.3. The Labute approximate surface area is 208 Å². The van der Waals surface area contributed by atoms with Crippen LogP contribution >= 0.6 is 11.6 Å². The van der Waals surface area contributed by atoms with E-state index in [4.69, 9.17) is 16.6 Å². The number of hydrogen-bond donors (Lipinski definition) is 0. The first-order valence-electron chi connectivity index (χ1n) is 11.8. The fourth-order valence-corrected chi connectivity index (χ4v) is 5.05. The topological polar surface area (TPSA) is 46.3 Å². The van der Waals surface area contributed by atoms with Crippen molar-refractivity contribution in [3.05, 3.63) is 82.9 Å². The number of benzene rings is 3. The summed E-state index contributed by atoms with van der Waals surface area (Å²) in [5.74, 6) is 0.646. The molecule has 35 heavy (non-hydrogen) atoms. The van der Waals surface area contributed by atoms with E-state index in [1.165, 1.54) is 17.2 Å². The first kappa shape index (κ1) is 22.0. The first-order chi connectivity index (χ1) is 16.8. The SMILES string of the molecule is CC(C)(C)c1ccc(-c2ccc3c(c2)N(c2nc4nncn4c4cc(Cl)c(F)cc24)CCC3)cc1. The molecule has 0 saturated carbocycles. The number of aryl methyl sites for hydroxylation is 1. The Morgan fingerprint density at radius 2 is 1.74 bits per heavy atom. The lowest BCUT2D eigenvalue weighted by Gasteiger charge is -2.32. The van der Waals surface area contributed by atoms with E-state index in [9.17, 15) is 4.39 Å². The highest BCUT2D eigenvalue weighted by molar-refractivity contribution is 6.31. The predicted octanol–water partition coefficient (Wildman–Crippen LogP) is 7.12. The summed E-state index contributed by atoms with van der Waals surface area (Å²) in [6.45, 7) is 7.44. The summed E-state index contributed by atoms with van der Waals surface area (Å²) < 4.78 is 16.3. The second-order valence-corrected chi connectivity index (χ2v) is 10.6. The Morgan fingerprint density at radius 1 is 0.971 bits per heavy atom. The van der Waals surface area contributed by atoms with Gasteiger partial charge in [0.25, 0.3) is 5.78 Å². The van der Waals surface area contributed by atoms with Crippen molar-refractivity contribution in [2.45, 2.75) is 39.0 Å². The molecule has 0 N–H and O–H groups in total. The van der Waals surface area contributed by atoms with Gasteiger partial charge in [-0.1, -0.05) is 68.8 Å². The van der Waals surface area contributed by atoms with Crippen LogP contribution in [0, 0.1) is 5.82 Å². The van der Waals surface area contributed by atoms with Gasteiger partial charge >= 0.3 is 0 Å². The van der Waals surface area contributed by atoms with E-state index >= 15 is 0 Å². The highest BCUT2D eigenvalue weighted by Crippen LogP contribution is 2.40. The molecule has 5 nitrogen and oxygen atoms in total. The monoisotopic (exact) mass is 485 g/mol. The van der Waals surface area contributed by atoms with Gasteiger partial charge in [0.2, 0.25) is 0 Å². The second kappa shape index (κ2) is 8.02. The number of rotatable bonds is 2. The molecule has 0 unspecified atom stereocenters. The smallest absolute Gasteiger partial charge is 0.257 e. The van der Waals surface area contributed by atoms with Crippen LogP contribution in [0.25, 0.3) is 27.8 Å². The van der Waals surface area contributed by atoms with Crippen LogP contribution in [0.5, 0.6) is 0 Å². The van der Waals surface area contributed by atoms with Gasteiger partial charge in [0, 0.05) is 17.6 Å². The van der Waals surface area contributed by atoms with Crippen LogP contribution in [0.1, 0.15) is 38.3 Å². The largest absolute Gasteiger partial charge is 0.325 e. The minimum Gasteiger partial charge on any atom is -0.325 e. The minimum atomic E-state index is -0.473. The van der Waals surface area contributed by atoms with Gasteiger partial charge in [0.15, 0.2) is 0 Å². The Morgan fingerprint density at radius 3 is 2.51 bits per heavy atom. The van der Waals surface area contributed by atoms with Crippen LogP contribution in [-0.2, 0) is 11.8 Å². The van der Waals surface area contributed by atoms with Crippen molar-refractivity contribution in [2.24, 2.45) is 0 Å². The second-order valence-electron chi connectivity index (χ2n) is 10.1. The molecule has 0 amide bonds. The van der Waals surface area contributed by atoms with E-state index in [-0.39, 0.29) is 10.4 Å². The number of hydrogen-bond acceptors (Lipinski definition) is 4. The van der Waals surface area contributed by atoms with Crippen molar-refractivity contribution in [1.82, 2.24) is 19.6 Å². The molecule has 0 spiro atoms. The van der Waals surface area contributed by atoms with E-state index < -0.39 is 5.82 Å². The van der Waals surface area contributed by atoms with Crippen molar-refractivity contribution in [1.29, 1.82) is 0 Å². The Hall–Kier alpha value is -3.51. The highest BCUT2D eigenvalue weighted by Gasteiger charge is 2.24. The van der Waals surface area contributed by atoms with E-state index in [1.54, 1.807) is 16.8 Å². The molecule has 1 aliphatic heterocycles. The number of nitrogens with zero attached hydrogens (tertiary/aromatic N) is 5. The first-order valence-corrected chi connectivity index (χ1v) is 12.2. The van der Waals surface area contributed by atoms with Gasteiger partial charge in [-0.15, -0.1) is 10.2 Å². The van der Waals surface area contributed by atoms with E-state index in [1.807, 2.05) is 0 Å². The molecular weight excluding hydrogens is 461 g/mol. The molecule has 2 aromatic heterocycles. The number of fused-ring (bicyclic) bond motifs is 4. The normalized spacial score (nSPS) is 14.0. The van der Waals surface area contributed by atoms with Crippen molar-refractivity contribution in [3.63, 3.8) is 0 Å². The molecule has 0 bridgehead atoms. The van der Waals surface area contributed by atoms with Gasteiger partial charge in [0.05, 0.1) is 10.5 Å². The average Bonchev–Trinajstić information content (AvgIpc) is 3.32. The van der Waals surface area contributed by atoms with Crippen LogP contribution in [0.4, 0.5) is 15.9 Å². The number of anilines is 2. The van der Waals surface area contributed by atoms with Crippen molar-refractivity contribution in [3.8, 4) is 11.1 Å².